The van der Waals surface area contributed by atoms with E-state index in [2.05, 4.69) is 35.3 Å². The highest BCUT2D eigenvalue weighted by molar-refractivity contribution is 7.11. The predicted molar refractivity (Wildman–Crippen MR) is 75.7 cm³/mol. The molecule has 3 heteroatoms. The Labute approximate surface area is 112 Å². The summed E-state index contributed by atoms with van der Waals surface area (Å²) in [5.41, 5.74) is 7.28. The molecule has 94 valence electrons. The van der Waals surface area contributed by atoms with Crippen LogP contribution in [-0.4, -0.2) is 4.98 Å². The summed E-state index contributed by atoms with van der Waals surface area (Å²) in [7, 11) is 0. The number of thiazole rings is 1. The van der Waals surface area contributed by atoms with Crippen LogP contribution in [0.3, 0.4) is 0 Å². The number of hydrogen-bond acceptors (Lipinski definition) is 3. The molecular weight excluding hydrogens is 240 g/mol. The molecule has 1 aromatic heterocycles. The summed E-state index contributed by atoms with van der Waals surface area (Å²) >= 11 is 1.79. The van der Waals surface area contributed by atoms with Crippen LogP contribution >= 0.6 is 11.3 Å². The molecule has 0 atom stereocenters. The minimum Gasteiger partial charge on any atom is -0.326 e. The van der Waals surface area contributed by atoms with E-state index in [0.717, 1.165) is 0 Å². The van der Waals surface area contributed by atoms with Crippen molar-refractivity contribution in [1.82, 2.24) is 4.98 Å². The number of aromatic nitrogens is 1. The number of rotatable bonds is 3. The maximum atomic E-state index is 5.71. The average molecular weight is 258 g/mol. The van der Waals surface area contributed by atoms with Gasteiger partial charge < -0.3 is 5.73 Å². The zero-order chi connectivity index (χ0) is 12.4. The highest BCUT2D eigenvalue weighted by Gasteiger charge is 2.39. The van der Waals surface area contributed by atoms with E-state index in [0.29, 0.717) is 6.54 Å². The smallest absolute Gasteiger partial charge is 0.103 e. The largest absolute Gasteiger partial charge is 0.326 e. The molecule has 1 aliphatic carbocycles. The van der Waals surface area contributed by atoms with E-state index in [1.807, 2.05) is 6.20 Å². The zero-order valence-electron chi connectivity index (χ0n) is 10.4. The second kappa shape index (κ2) is 4.82. The molecule has 1 heterocycles. The molecule has 1 aliphatic rings. The molecule has 0 bridgehead atoms. The number of benzene rings is 1. The lowest BCUT2D eigenvalue weighted by atomic mass is 9.79. The Morgan fingerprint density at radius 1 is 1.17 bits per heavy atom. The maximum Gasteiger partial charge on any atom is 0.103 e. The van der Waals surface area contributed by atoms with Gasteiger partial charge in [0.2, 0.25) is 0 Å². The molecule has 18 heavy (non-hydrogen) atoms. The van der Waals surface area contributed by atoms with E-state index < -0.39 is 0 Å². The van der Waals surface area contributed by atoms with E-state index in [1.165, 1.54) is 41.1 Å². The summed E-state index contributed by atoms with van der Waals surface area (Å²) in [5, 5.41) is 1.26. The Hall–Kier alpha value is -1.19. The van der Waals surface area contributed by atoms with Crippen molar-refractivity contribution in [3.63, 3.8) is 0 Å². The number of nitrogens with zero attached hydrogens (tertiary/aromatic N) is 1. The highest BCUT2D eigenvalue weighted by atomic mass is 32.1. The first-order valence-electron chi connectivity index (χ1n) is 6.56. The first kappa shape index (κ1) is 11.9. The Bertz CT molecular complexity index is 512. The van der Waals surface area contributed by atoms with Gasteiger partial charge in [0.05, 0.1) is 0 Å². The van der Waals surface area contributed by atoms with Crippen molar-refractivity contribution in [2.75, 3.05) is 0 Å². The lowest BCUT2D eigenvalue weighted by molar-refractivity contribution is 0.532. The summed E-state index contributed by atoms with van der Waals surface area (Å²) in [5.74, 6) is 0. The average Bonchev–Trinajstić information content (AvgIpc) is 3.09. The lowest BCUT2D eigenvalue weighted by Crippen LogP contribution is -2.23. The summed E-state index contributed by atoms with van der Waals surface area (Å²) < 4.78 is 0. The van der Waals surface area contributed by atoms with Crippen LogP contribution in [0.4, 0.5) is 0 Å². The minimum absolute atomic E-state index is 0.152. The van der Waals surface area contributed by atoms with E-state index in [4.69, 9.17) is 5.73 Å². The van der Waals surface area contributed by atoms with E-state index >= 15 is 0 Å². The van der Waals surface area contributed by atoms with Gasteiger partial charge in [-0.1, -0.05) is 43.2 Å². The quantitative estimate of drug-likeness (QED) is 0.915. The normalized spacial score (nSPS) is 18.1. The topological polar surface area (TPSA) is 38.9 Å². The summed E-state index contributed by atoms with van der Waals surface area (Å²) in [6.07, 6.45) is 6.98. The van der Waals surface area contributed by atoms with Gasteiger partial charge in [-0.25, -0.2) is 4.98 Å². The van der Waals surface area contributed by atoms with Crippen molar-refractivity contribution in [1.29, 1.82) is 0 Å². The Morgan fingerprint density at radius 3 is 2.50 bits per heavy atom. The Balaban J connectivity index is 2.06. The van der Waals surface area contributed by atoms with Crippen molar-refractivity contribution >= 4 is 11.3 Å². The van der Waals surface area contributed by atoms with Crippen molar-refractivity contribution in [3.8, 4) is 0 Å². The third-order valence-corrected chi connectivity index (χ3v) is 5.17. The molecule has 1 fully saturated rings. The fourth-order valence-electron chi connectivity index (χ4n) is 2.98. The van der Waals surface area contributed by atoms with Crippen molar-refractivity contribution in [2.45, 2.75) is 37.6 Å². The van der Waals surface area contributed by atoms with Crippen molar-refractivity contribution in [3.05, 3.63) is 52.0 Å². The molecule has 0 spiro atoms. The molecule has 3 rings (SSSR count). The van der Waals surface area contributed by atoms with Crippen LogP contribution in [0.15, 0.2) is 36.5 Å². The molecule has 2 N–H and O–H groups in total. The molecular formula is C15H18N2S. The first-order chi connectivity index (χ1) is 8.85. The third-order valence-electron chi connectivity index (χ3n) is 3.95. The van der Waals surface area contributed by atoms with Crippen LogP contribution in [0, 0.1) is 0 Å². The van der Waals surface area contributed by atoms with Gasteiger partial charge in [-0.3, -0.25) is 0 Å². The van der Waals surface area contributed by atoms with Crippen LogP contribution < -0.4 is 5.73 Å². The predicted octanol–water partition coefficient (Wildman–Crippen LogP) is 3.46. The molecule has 0 unspecified atom stereocenters. The SMILES string of the molecule is NCc1cnc(C2(c3ccccc3)CCCC2)s1. The van der Waals surface area contributed by atoms with Gasteiger partial charge in [-0.15, -0.1) is 11.3 Å². The van der Waals surface area contributed by atoms with Crippen LogP contribution in [0.1, 0.15) is 41.1 Å². The fourth-order valence-corrected chi connectivity index (χ4v) is 4.04. The monoisotopic (exact) mass is 258 g/mol. The first-order valence-corrected chi connectivity index (χ1v) is 7.37. The second-order valence-electron chi connectivity index (χ2n) is 4.99. The standard InChI is InChI=1S/C15H18N2S/c16-10-13-11-17-14(18-13)15(8-4-5-9-15)12-6-2-1-3-7-12/h1-3,6-7,11H,4-5,8-10,16H2. The van der Waals surface area contributed by atoms with Crippen molar-refractivity contribution in [2.24, 2.45) is 5.73 Å². The molecule has 0 amide bonds. The van der Waals surface area contributed by atoms with E-state index in [1.54, 1.807) is 11.3 Å². The van der Waals surface area contributed by atoms with Gasteiger partial charge in [-0.05, 0) is 18.4 Å². The molecule has 0 aliphatic heterocycles. The van der Waals surface area contributed by atoms with Crippen molar-refractivity contribution < 1.29 is 0 Å². The molecule has 1 saturated carbocycles. The van der Waals surface area contributed by atoms with Gasteiger partial charge in [0.15, 0.2) is 0 Å². The van der Waals surface area contributed by atoms with Crippen LogP contribution in [-0.2, 0) is 12.0 Å². The van der Waals surface area contributed by atoms with Crippen LogP contribution in [0.2, 0.25) is 0 Å². The third kappa shape index (κ3) is 1.88. The summed E-state index contributed by atoms with van der Waals surface area (Å²) in [6, 6.07) is 10.8. The molecule has 2 aromatic rings. The highest BCUT2D eigenvalue weighted by Crippen LogP contribution is 2.47. The summed E-state index contributed by atoms with van der Waals surface area (Å²) in [4.78, 5) is 5.84. The van der Waals surface area contributed by atoms with Crippen LogP contribution in [0.5, 0.6) is 0 Å². The summed E-state index contributed by atoms with van der Waals surface area (Å²) in [6.45, 7) is 0.600. The molecule has 2 nitrogen and oxygen atoms in total. The lowest BCUT2D eigenvalue weighted by Gasteiger charge is -2.27. The van der Waals surface area contributed by atoms with Gasteiger partial charge in [0.1, 0.15) is 5.01 Å². The molecule has 0 radical (unpaired) electrons. The van der Waals surface area contributed by atoms with Gasteiger partial charge in [0.25, 0.3) is 0 Å². The van der Waals surface area contributed by atoms with Gasteiger partial charge in [-0.2, -0.15) is 0 Å². The van der Waals surface area contributed by atoms with Gasteiger partial charge >= 0.3 is 0 Å². The minimum atomic E-state index is 0.152. The number of nitrogens with two attached hydrogens (primary N) is 1. The van der Waals surface area contributed by atoms with E-state index in [9.17, 15) is 0 Å². The Morgan fingerprint density at radius 2 is 1.89 bits per heavy atom. The fraction of sp³-hybridized carbons (Fsp3) is 0.400. The second-order valence-corrected chi connectivity index (χ2v) is 6.11. The van der Waals surface area contributed by atoms with Gasteiger partial charge in [0, 0.05) is 23.0 Å². The molecule has 0 saturated heterocycles. The van der Waals surface area contributed by atoms with Crippen LogP contribution in [0.25, 0.3) is 0 Å². The van der Waals surface area contributed by atoms with E-state index in [-0.39, 0.29) is 5.41 Å². The maximum absolute atomic E-state index is 5.71. The Kier molecular flexibility index (Phi) is 3.18. The zero-order valence-corrected chi connectivity index (χ0v) is 11.2. The number of hydrogen-bond donors (Lipinski definition) is 1. The molecule has 1 aromatic carbocycles.